The normalized spacial score (nSPS) is 15.5. The molecule has 0 unspecified atom stereocenters. The van der Waals surface area contributed by atoms with Crippen LogP contribution in [0.15, 0.2) is 28.9 Å². The van der Waals surface area contributed by atoms with E-state index in [0.717, 1.165) is 34.2 Å². The summed E-state index contributed by atoms with van der Waals surface area (Å²) in [7, 11) is 0. The lowest BCUT2D eigenvalue weighted by Gasteiger charge is -2.37. The topological polar surface area (TPSA) is 71.7 Å². The van der Waals surface area contributed by atoms with Crippen LogP contribution < -0.4 is 10.6 Å². The van der Waals surface area contributed by atoms with E-state index in [2.05, 4.69) is 25.8 Å². The number of hydrogen-bond acceptors (Lipinski definition) is 5. The first-order valence-corrected chi connectivity index (χ1v) is 9.10. The van der Waals surface area contributed by atoms with E-state index in [-0.39, 0.29) is 6.09 Å². The Hall–Kier alpha value is -2.02. The number of rotatable bonds is 1. The number of nitrogens with two attached hydrogens (primary N) is 1. The molecule has 1 fully saturated rings. The second-order valence-electron chi connectivity index (χ2n) is 7.18. The molecule has 1 aromatic heterocycles. The number of ether oxygens (including phenoxy) is 1. The Morgan fingerprint density at radius 2 is 1.92 bits per heavy atom. The summed E-state index contributed by atoms with van der Waals surface area (Å²) in [5.74, 6) is 0. The smallest absolute Gasteiger partial charge is 0.410 e. The molecule has 2 N–H and O–H groups in total. The molecule has 3 rings (SSSR count). The van der Waals surface area contributed by atoms with Gasteiger partial charge in [-0.25, -0.2) is 4.79 Å². The molecule has 2 aromatic rings. The van der Waals surface area contributed by atoms with Crippen LogP contribution in [-0.4, -0.2) is 47.8 Å². The van der Waals surface area contributed by atoms with Crippen LogP contribution in [0.4, 0.5) is 16.2 Å². The second-order valence-corrected chi connectivity index (χ2v) is 8.09. The lowest BCUT2D eigenvalue weighted by molar-refractivity contribution is 0.0241. The SMILES string of the molecule is CC(C)(C)OC(=O)N1CCN(c2ccc(N)c3cc(Br)cnc23)CC1. The van der Waals surface area contributed by atoms with Gasteiger partial charge in [0.25, 0.3) is 0 Å². The van der Waals surface area contributed by atoms with Crippen molar-refractivity contribution in [3.05, 3.63) is 28.9 Å². The molecule has 0 atom stereocenters. The maximum atomic E-state index is 12.2. The minimum absolute atomic E-state index is 0.253. The number of fused-ring (bicyclic) bond motifs is 1. The molecule has 0 spiro atoms. The molecule has 134 valence electrons. The minimum atomic E-state index is -0.474. The fourth-order valence-corrected chi connectivity index (χ4v) is 3.24. The quantitative estimate of drug-likeness (QED) is 0.731. The summed E-state index contributed by atoms with van der Waals surface area (Å²) >= 11 is 3.45. The first-order chi connectivity index (χ1) is 11.7. The molecule has 0 radical (unpaired) electrons. The van der Waals surface area contributed by atoms with Crippen LogP contribution in [0.1, 0.15) is 20.8 Å². The number of aromatic nitrogens is 1. The van der Waals surface area contributed by atoms with Crippen molar-refractivity contribution in [1.29, 1.82) is 0 Å². The van der Waals surface area contributed by atoms with Crippen molar-refractivity contribution in [2.45, 2.75) is 26.4 Å². The molecule has 1 saturated heterocycles. The summed E-state index contributed by atoms with van der Waals surface area (Å²) in [4.78, 5) is 20.7. The zero-order valence-electron chi connectivity index (χ0n) is 14.8. The highest BCUT2D eigenvalue weighted by atomic mass is 79.9. The largest absolute Gasteiger partial charge is 0.444 e. The van der Waals surface area contributed by atoms with Crippen LogP contribution in [0.5, 0.6) is 0 Å². The van der Waals surface area contributed by atoms with E-state index in [1.54, 1.807) is 11.1 Å². The van der Waals surface area contributed by atoms with Crippen LogP contribution in [-0.2, 0) is 4.74 Å². The Balaban J connectivity index is 1.77. The monoisotopic (exact) mass is 406 g/mol. The zero-order chi connectivity index (χ0) is 18.2. The third-order valence-corrected chi connectivity index (χ3v) is 4.53. The molecule has 1 aromatic carbocycles. The lowest BCUT2D eigenvalue weighted by atomic mass is 10.1. The van der Waals surface area contributed by atoms with Crippen molar-refractivity contribution >= 4 is 44.3 Å². The van der Waals surface area contributed by atoms with E-state index < -0.39 is 5.60 Å². The van der Waals surface area contributed by atoms with E-state index >= 15 is 0 Å². The molecular weight excluding hydrogens is 384 g/mol. The molecule has 1 aliphatic rings. The number of halogens is 1. The van der Waals surface area contributed by atoms with Crippen LogP contribution in [0, 0.1) is 0 Å². The minimum Gasteiger partial charge on any atom is -0.444 e. The lowest BCUT2D eigenvalue weighted by Crippen LogP contribution is -2.50. The van der Waals surface area contributed by atoms with Crippen molar-refractivity contribution in [1.82, 2.24) is 9.88 Å². The summed E-state index contributed by atoms with van der Waals surface area (Å²) in [5, 5.41) is 0.932. The summed E-state index contributed by atoms with van der Waals surface area (Å²) in [6.07, 6.45) is 1.53. The second kappa shape index (κ2) is 6.71. The van der Waals surface area contributed by atoms with E-state index in [9.17, 15) is 4.79 Å². The number of anilines is 2. The van der Waals surface area contributed by atoms with Crippen molar-refractivity contribution in [3.63, 3.8) is 0 Å². The maximum Gasteiger partial charge on any atom is 0.410 e. The standard InChI is InChI=1S/C18H23BrN4O2/c1-18(2,3)25-17(24)23-8-6-22(7-9-23)15-5-4-14(20)13-10-12(19)11-21-16(13)15/h4-5,10-11H,6-9,20H2,1-3H3. The number of piperazine rings is 1. The molecule has 2 heterocycles. The van der Waals surface area contributed by atoms with Gasteiger partial charge in [0.1, 0.15) is 5.60 Å². The number of nitrogens with zero attached hydrogens (tertiary/aromatic N) is 3. The van der Waals surface area contributed by atoms with Gasteiger partial charge in [-0.2, -0.15) is 0 Å². The van der Waals surface area contributed by atoms with Gasteiger partial charge in [0.15, 0.2) is 0 Å². The van der Waals surface area contributed by atoms with Gasteiger partial charge in [-0.1, -0.05) is 0 Å². The molecule has 0 bridgehead atoms. The van der Waals surface area contributed by atoms with Crippen molar-refractivity contribution in [2.75, 3.05) is 36.8 Å². The van der Waals surface area contributed by atoms with Crippen LogP contribution in [0.25, 0.3) is 10.9 Å². The molecule has 0 aliphatic carbocycles. The Bertz CT molecular complexity index is 795. The number of carbonyl (C=O) groups is 1. The van der Waals surface area contributed by atoms with Gasteiger partial charge >= 0.3 is 6.09 Å². The summed E-state index contributed by atoms with van der Waals surface area (Å²) in [6, 6.07) is 5.89. The first-order valence-electron chi connectivity index (χ1n) is 8.31. The highest BCUT2D eigenvalue weighted by molar-refractivity contribution is 9.10. The molecule has 25 heavy (non-hydrogen) atoms. The average molecular weight is 407 g/mol. The van der Waals surface area contributed by atoms with Gasteiger partial charge in [0.05, 0.1) is 11.2 Å². The van der Waals surface area contributed by atoms with Crippen molar-refractivity contribution < 1.29 is 9.53 Å². The Morgan fingerprint density at radius 3 is 2.56 bits per heavy atom. The molecule has 0 saturated carbocycles. The summed E-state index contributed by atoms with van der Waals surface area (Å²) in [6.45, 7) is 8.35. The van der Waals surface area contributed by atoms with Crippen molar-refractivity contribution in [2.24, 2.45) is 0 Å². The van der Waals surface area contributed by atoms with Crippen LogP contribution in [0.2, 0.25) is 0 Å². The maximum absolute atomic E-state index is 12.2. The fraction of sp³-hybridized carbons (Fsp3) is 0.444. The number of pyridine rings is 1. The predicted octanol–water partition coefficient (Wildman–Crippen LogP) is 3.64. The molecule has 1 amide bonds. The molecular formula is C18H23BrN4O2. The van der Waals surface area contributed by atoms with Crippen molar-refractivity contribution in [3.8, 4) is 0 Å². The van der Waals surface area contributed by atoms with E-state index in [0.29, 0.717) is 18.8 Å². The van der Waals surface area contributed by atoms with E-state index in [1.807, 2.05) is 39.0 Å². The number of amides is 1. The third-order valence-electron chi connectivity index (χ3n) is 4.10. The van der Waals surface area contributed by atoms with Gasteiger partial charge < -0.3 is 20.3 Å². The number of nitrogen functional groups attached to an aromatic ring is 1. The molecule has 6 nitrogen and oxygen atoms in total. The van der Waals surface area contributed by atoms with Gasteiger partial charge in [-0.15, -0.1) is 0 Å². The molecule has 7 heteroatoms. The van der Waals surface area contributed by atoms with Gasteiger partial charge in [0.2, 0.25) is 0 Å². The van der Waals surface area contributed by atoms with E-state index in [4.69, 9.17) is 10.5 Å². The highest BCUT2D eigenvalue weighted by Crippen LogP contribution is 2.31. The number of carbonyl (C=O) groups excluding carboxylic acids is 1. The third kappa shape index (κ3) is 3.98. The van der Waals surface area contributed by atoms with Gasteiger partial charge in [-0.3, -0.25) is 4.98 Å². The van der Waals surface area contributed by atoms with E-state index in [1.165, 1.54) is 0 Å². The van der Waals surface area contributed by atoms with Crippen LogP contribution in [0.3, 0.4) is 0 Å². The molecule has 1 aliphatic heterocycles. The van der Waals surface area contributed by atoms with Gasteiger partial charge in [-0.05, 0) is 54.9 Å². The average Bonchev–Trinajstić information content (AvgIpc) is 2.54. The van der Waals surface area contributed by atoms with Crippen LogP contribution >= 0.6 is 15.9 Å². The van der Waals surface area contributed by atoms with Gasteiger partial charge in [0, 0.05) is 47.9 Å². The Morgan fingerprint density at radius 1 is 1.24 bits per heavy atom. The Labute approximate surface area is 156 Å². The summed E-state index contributed by atoms with van der Waals surface area (Å²) < 4.78 is 6.35. The zero-order valence-corrected chi connectivity index (χ0v) is 16.3. The fourth-order valence-electron chi connectivity index (χ4n) is 2.91. The summed E-state index contributed by atoms with van der Waals surface area (Å²) in [5.41, 5.74) is 8.26. The highest BCUT2D eigenvalue weighted by Gasteiger charge is 2.26. The predicted molar refractivity (Wildman–Crippen MR) is 104 cm³/mol. The first kappa shape index (κ1) is 17.8. The number of hydrogen-bond donors (Lipinski definition) is 1. The Kier molecular flexibility index (Phi) is 4.77. The number of benzene rings is 1.